The third-order valence-electron chi connectivity index (χ3n) is 3.36. The van der Waals surface area contributed by atoms with Crippen LogP contribution >= 0.6 is 23.5 Å². The molecule has 0 amide bonds. The fourth-order valence-electron chi connectivity index (χ4n) is 2.52. The Morgan fingerprint density at radius 2 is 2.12 bits per heavy atom. The van der Waals surface area contributed by atoms with E-state index in [-0.39, 0.29) is 0 Å². The van der Waals surface area contributed by atoms with Gasteiger partial charge in [0.2, 0.25) is 0 Å². The number of nitrogens with one attached hydrogen (secondary N) is 1. The van der Waals surface area contributed by atoms with E-state index < -0.39 is 0 Å². The molecule has 2 rings (SSSR count). The van der Waals surface area contributed by atoms with Crippen LogP contribution in [0.4, 0.5) is 0 Å². The van der Waals surface area contributed by atoms with Crippen molar-refractivity contribution in [3.8, 4) is 0 Å². The molecule has 0 radical (unpaired) electrons. The molecule has 1 aliphatic carbocycles. The van der Waals surface area contributed by atoms with Gasteiger partial charge in [-0.3, -0.25) is 4.99 Å². The molecule has 4 heteroatoms. The lowest BCUT2D eigenvalue weighted by Gasteiger charge is -2.27. The van der Waals surface area contributed by atoms with Crippen molar-refractivity contribution in [2.75, 3.05) is 6.26 Å². The Morgan fingerprint density at radius 3 is 2.75 bits per heavy atom. The topological polar surface area (TPSA) is 24.4 Å². The summed E-state index contributed by atoms with van der Waals surface area (Å²) in [6.45, 7) is 4.56. The monoisotopic (exact) mass is 258 g/mol. The smallest absolute Gasteiger partial charge is 0.157 e. The molecular formula is C12H22N2S2. The van der Waals surface area contributed by atoms with Gasteiger partial charge in [0.1, 0.15) is 0 Å². The molecule has 1 saturated heterocycles. The van der Waals surface area contributed by atoms with Crippen molar-refractivity contribution in [2.45, 2.75) is 62.1 Å². The fourth-order valence-corrected chi connectivity index (χ4v) is 4.55. The second-order valence-corrected chi connectivity index (χ2v) is 7.53. The van der Waals surface area contributed by atoms with Gasteiger partial charge in [-0.05, 0) is 38.9 Å². The molecule has 92 valence electrons. The lowest BCUT2D eigenvalue weighted by Crippen LogP contribution is -2.38. The first-order valence-electron chi connectivity index (χ1n) is 6.21. The standard InChI is InChI=1S/C12H22N2S2/c1-8-6-9(2)16-12(13-8)14-10-4-5-11(7-10)15-3/h8-11H,4-7H2,1-3H3,(H,13,14). The summed E-state index contributed by atoms with van der Waals surface area (Å²) in [6, 6.07) is 1.16. The predicted molar refractivity (Wildman–Crippen MR) is 76.6 cm³/mol. The molecule has 2 fully saturated rings. The van der Waals surface area contributed by atoms with Crippen LogP contribution in [0.25, 0.3) is 0 Å². The van der Waals surface area contributed by atoms with Gasteiger partial charge in [-0.2, -0.15) is 11.8 Å². The summed E-state index contributed by atoms with van der Waals surface area (Å²) in [6.07, 6.45) is 7.37. The molecule has 4 unspecified atom stereocenters. The van der Waals surface area contributed by atoms with Gasteiger partial charge in [0.25, 0.3) is 0 Å². The number of aliphatic imine (C=N–C) groups is 1. The minimum atomic E-state index is 0.574. The summed E-state index contributed by atoms with van der Waals surface area (Å²) in [5.74, 6) is 0. The maximum atomic E-state index is 4.89. The summed E-state index contributed by atoms with van der Waals surface area (Å²) in [5.41, 5.74) is 0. The van der Waals surface area contributed by atoms with Crippen LogP contribution in [0.5, 0.6) is 0 Å². The SMILES string of the molecule is CSC1CCC(N=C2NC(C)CC(C)S2)C1. The van der Waals surface area contributed by atoms with Crippen molar-refractivity contribution in [2.24, 2.45) is 4.99 Å². The molecule has 4 atom stereocenters. The Balaban J connectivity index is 1.91. The van der Waals surface area contributed by atoms with Crippen molar-refractivity contribution in [3.05, 3.63) is 0 Å². The lowest BCUT2D eigenvalue weighted by atomic mass is 10.2. The van der Waals surface area contributed by atoms with E-state index in [1.165, 1.54) is 30.9 Å². The van der Waals surface area contributed by atoms with Gasteiger partial charge in [0.15, 0.2) is 5.17 Å². The van der Waals surface area contributed by atoms with Gasteiger partial charge in [-0.25, -0.2) is 0 Å². The Labute approximate surface area is 107 Å². The first-order chi connectivity index (χ1) is 7.67. The number of hydrogen-bond donors (Lipinski definition) is 1. The highest BCUT2D eigenvalue weighted by Gasteiger charge is 2.26. The molecule has 1 saturated carbocycles. The van der Waals surface area contributed by atoms with E-state index in [0.29, 0.717) is 17.3 Å². The van der Waals surface area contributed by atoms with E-state index in [1.807, 2.05) is 23.5 Å². The Kier molecular flexibility index (Phi) is 4.48. The van der Waals surface area contributed by atoms with Crippen LogP contribution in [-0.2, 0) is 0 Å². The molecule has 0 spiro atoms. The maximum Gasteiger partial charge on any atom is 0.157 e. The van der Waals surface area contributed by atoms with Crippen LogP contribution in [0.1, 0.15) is 39.5 Å². The van der Waals surface area contributed by atoms with E-state index in [2.05, 4.69) is 25.4 Å². The lowest BCUT2D eigenvalue weighted by molar-refractivity contribution is 0.592. The van der Waals surface area contributed by atoms with Crippen LogP contribution in [0, 0.1) is 0 Å². The van der Waals surface area contributed by atoms with E-state index in [1.54, 1.807) is 0 Å². The van der Waals surface area contributed by atoms with Crippen molar-refractivity contribution in [1.82, 2.24) is 5.32 Å². The molecule has 0 bridgehead atoms. The Hall–Kier alpha value is 0.170. The van der Waals surface area contributed by atoms with Crippen LogP contribution < -0.4 is 5.32 Å². The number of nitrogens with zero attached hydrogens (tertiary/aromatic N) is 1. The summed E-state index contributed by atoms with van der Waals surface area (Å²) >= 11 is 3.92. The quantitative estimate of drug-likeness (QED) is 0.823. The number of rotatable bonds is 2. The average molecular weight is 258 g/mol. The molecule has 2 nitrogen and oxygen atoms in total. The first-order valence-corrected chi connectivity index (χ1v) is 8.38. The maximum absolute atomic E-state index is 4.89. The minimum Gasteiger partial charge on any atom is -0.362 e. The Morgan fingerprint density at radius 1 is 1.31 bits per heavy atom. The third-order valence-corrected chi connectivity index (χ3v) is 5.49. The summed E-state index contributed by atoms with van der Waals surface area (Å²) in [4.78, 5) is 4.89. The zero-order valence-corrected chi connectivity index (χ0v) is 12.0. The van der Waals surface area contributed by atoms with Gasteiger partial charge in [0.05, 0.1) is 6.04 Å². The van der Waals surface area contributed by atoms with Crippen LogP contribution in [0.2, 0.25) is 0 Å². The van der Waals surface area contributed by atoms with Gasteiger partial charge in [-0.15, -0.1) is 0 Å². The van der Waals surface area contributed by atoms with E-state index in [0.717, 1.165) is 5.25 Å². The molecule has 1 aliphatic heterocycles. The molecule has 1 N–H and O–H groups in total. The van der Waals surface area contributed by atoms with Crippen LogP contribution in [0.15, 0.2) is 4.99 Å². The van der Waals surface area contributed by atoms with Crippen molar-refractivity contribution in [3.63, 3.8) is 0 Å². The molecule has 0 aromatic carbocycles. The summed E-state index contributed by atoms with van der Waals surface area (Å²) in [7, 11) is 0. The van der Waals surface area contributed by atoms with Gasteiger partial charge < -0.3 is 5.32 Å². The normalized spacial score (nSPS) is 42.3. The van der Waals surface area contributed by atoms with Crippen molar-refractivity contribution in [1.29, 1.82) is 0 Å². The molecular weight excluding hydrogens is 236 g/mol. The second-order valence-electron chi connectivity index (χ2n) is 4.97. The van der Waals surface area contributed by atoms with E-state index >= 15 is 0 Å². The second kappa shape index (κ2) is 5.67. The molecule has 0 aromatic rings. The third kappa shape index (κ3) is 3.33. The van der Waals surface area contributed by atoms with Crippen LogP contribution in [-0.4, -0.2) is 34.0 Å². The van der Waals surface area contributed by atoms with Crippen molar-refractivity contribution >= 4 is 28.7 Å². The fraction of sp³-hybridized carbons (Fsp3) is 0.917. The average Bonchev–Trinajstić information content (AvgIpc) is 2.64. The molecule has 2 aliphatic rings. The number of hydrogen-bond acceptors (Lipinski definition) is 3. The van der Waals surface area contributed by atoms with Gasteiger partial charge in [-0.1, -0.05) is 18.7 Å². The highest BCUT2D eigenvalue weighted by atomic mass is 32.2. The first kappa shape index (κ1) is 12.6. The van der Waals surface area contributed by atoms with Gasteiger partial charge >= 0.3 is 0 Å². The Bertz CT molecular complexity index is 256. The number of thioether (sulfide) groups is 2. The van der Waals surface area contributed by atoms with Crippen molar-refractivity contribution < 1.29 is 0 Å². The predicted octanol–water partition coefficient (Wildman–Crippen LogP) is 3.13. The van der Waals surface area contributed by atoms with E-state index in [4.69, 9.17) is 4.99 Å². The zero-order chi connectivity index (χ0) is 11.5. The minimum absolute atomic E-state index is 0.574. The summed E-state index contributed by atoms with van der Waals surface area (Å²) < 4.78 is 0. The largest absolute Gasteiger partial charge is 0.362 e. The van der Waals surface area contributed by atoms with Gasteiger partial charge in [0, 0.05) is 16.5 Å². The zero-order valence-electron chi connectivity index (χ0n) is 10.4. The van der Waals surface area contributed by atoms with Crippen LogP contribution in [0.3, 0.4) is 0 Å². The van der Waals surface area contributed by atoms with E-state index in [9.17, 15) is 0 Å². The highest BCUT2D eigenvalue weighted by molar-refractivity contribution is 8.14. The molecule has 0 aromatic heterocycles. The highest BCUT2D eigenvalue weighted by Crippen LogP contribution is 2.31. The molecule has 16 heavy (non-hydrogen) atoms. The molecule has 1 heterocycles. The number of amidine groups is 1. The summed E-state index contributed by atoms with van der Waals surface area (Å²) in [5, 5.41) is 6.27.